The predicted octanol–water partition coefficient (Wildman–Crippen LogP) is 3.18. The van der Waals surface area contributed by atoms with Crippen LogP contribution in [0.4, 0.5) is 4.39 Å². The Labute approximate surface area is 116 Å². The van der Waals surface area contributed by atoms with Crippen LogP contribution in [0, 0.1) is 17.7 Å². The van der Waals surface area contributed by atoms with Crippen LogP contribution < -0.4 is 5.73 Å². The molecule has 0 heterocycles. The summed E-state index contributed by atoms with van der Waals surface area (Å²) >= 11 is 3.28. The number of nitrogens with two attached hydrogens (primary N) is 1. The molecule has 0 bridgehead atoms. The van der Waals surface area contributed by atoms with Crippen molar-refractivity contribution in [2.75, 3.05) is 20.1 Å². The van der Waals surface area contributed by atoms with Gasteiger partial charge >= 0.3 is 0 Å². The highest BCUT2D eigenvalue weighted by Crippen LogP contribution is 2.39. The van der Waals surface area contributed by atoms with E-state index in [1.54, 1.807) is 0 Å². The van der Waals surface area contributed by atoms with E-state index in [9.17, 15) is 4.39 Å². The first-order valence-corrected chi connectivity index (χ1v) is 7.17. The van der Waals surface area contributed by atoms with Crippen LogP contribution in [0.3, 0.4) is 0 Å². The maximum absolute atomic E-state index is 14.0. The van der Waals surface area contributed by atoms with Crippen molar-refractivity contribution in [2.45, 2.75) is 19.4 Å². The lowest BCUT2D eigenvalue weighted by atomic mass is 10.0. The number of benzene rings is 1. The lowest BCUT2D eigenvalue weighted by molar-refractivity contribution is 0.232. The standard InChI is InChI=1S/C14H20BrFN2/c1-9-5-10(9)8-18(2)14(7-17)12-4-3-11(15)6-13(12)16/h3-4,6,9-10,14H,5,7-8,17H2,1-2H3. The van der Waals surface area contributed by atoms with Gasteiger partial charge in [0.05, 0.1) is 0 Å². The smallest absolute Gasteiger partial charge is 0.129 e. The van der Waals surface area contributed by atoms with Gasteiger partial charge in [0.15, 0.2) is 0 Å². The van der Waals surface area contributed by atoms with E-state index < -0.39 is 0 Å². The fourth-order valence-electron chi connectivity index (χ4n) is 2.47. The van der Waals surface area contributed by atoms with Crippen molar-refractivity contribution in [1.82, 2.24) is 4.90 Å². The molecule has 3 atom stereocenters. The summed E-state index contributed by atoms with van der Waals surface area (Å²) in [6.07, 6.45) is 1.28. The molecular weight excluding hydrogens is 295 g/mol. The molecule has 0 saturated heterocycles. The van der Waals surface area contributed by atoms with Crippen LogP contribution in [-0.4, -0.2) is 25.0 Å². The molecule has 2 rings (SSSR count). The minimum absolute atomic E-state index is 0.0362. The van der Waals surface area contributed by atoms with Gasteiger partial charge in [0.2, 0.25) is 0 Å². The van der Waals surface area contributed by atoms with Crippen LogP contribution >= 0.6 is 15.9 Å². The van der Waals surface area contributed by atoms with E-state index in [1.807, 2.05) is 19.2 Å². The number of nitrogens with zero attached hydrogens (tertiary/aromatic N) is 1. The molecule has 0 spiro atoms. The minimum atomic E-state index is -0.185. The Morgan fingerprint density at radius 3 is 2.72 bits per heavy atom. The van der Waals surface area contributed by atoms with E-state index >= 15 is 0 Å². The molecule has 3 unspecified atom stereocenters. The first-order valence-electron chi connectivity index (χ1n) is 6.38. The predicted molar refractivity (Wildman–Crippen MR) is 75.8 cm³/mol. The second kappa shape index (κ2) is 5.68. The number of rotatable bonds is 5. The zero-order valence-corrected chi connectivity index (χ0v) is 12.5. The topological polar surface area (TPSA) is 29.3 Å². The summed E-state index contributed by atoms with van der Waals surface area (Å²) < 4.78 is 14.7. The van der Waals surface area contributed by atoms with E-state index in [0.717, 1.165) is 22.9 Å². The van der Waals surface area contributed by atoms with Crippen molar-refractivity contribution < 1.29 is 4.39 Å². The number of halogens is 2. The Kier molecular flexibility index (Phi) is 4.41. The molecule has 1 aromatic carbocycles. The van der Waals surface area contributed by atoms with Gasteiger partial charge in [-0.15, -0.1) is 0 Å². The van der Waals surface area contributed by atoms with E-state index in [1.165, 1.54) is 12.5 Å². The lowest BCUT2D eigenvalue weighted by Crippen LogP contribution is -2.32. The zero-order chi connectivity index (χ0) is 13.3. The average molecular weight is 315 g/mol. The maximum Gasteiger partial charge on any atom is 0.129 e. The Bertz CT molecular complexity index is 424. The highest BCUT2D eigenvalue weighted by Gasteiger charge is 2.34. The summed E-state index contributed by atoms with van der Waals surface area (Å²) in [6, 6.07) is 5.16. The fraction of sp³-hybridized carbons (Fsp3) is 0.571. The molecule has 0 amide bonds. The minimum Gasteiger partial charge on any atom is -0.329 e. The Morgan fingerprint density at radius 1 is 1.56 bits per heavy atom. The molecule has 0 aromatic heterocycles. The Balaban J connectivity index is 2.11. The summed E-state index contributed by atoms with van der Waals surface area (Å²) in [7, 11) is 2.03. The molecule has 1 aliphatic carbocycles. The quantitative estimate of drug-likeness (QED) is 0.904. The monoisotopic (exact) mass is 314 g/mol. The number of hydrogen-bond acceptors (Lipinski definition) is 2. The third-order valence-corrected chi connectivity index (χ3v) is 4.37. The molecule has 18 heavy (non-hydrogen) atoms. The molecule has 0 radical (unpaired) electrons. The number of likely N-dealkylation sites (N-methyl/N-ethyl adjacent to an activating group) is 1. The third kappa shape index (κ3) is 3.11. The van der Waals surface area contributed by atoms with E-state index in [4.69, 9.17) is 5.73 Å². The van der Waals surface area contributed by atoms with Crippen LogP contribution in [0.15, 0.2) is 22.7 Å². The Hall–Kier alpha value is -0.450. The third-order valence-electron chi connectivity index (χ3n) is 3.88. The largest absolute Gasteiger partial charge is 0.329 e. The van der Waals surface area contributed by atoms with Gasteiger partial charge in [-0.1, -0.05) is 28.9 Å². The van der Waals surface area contributed by atoms with E-state index in [2.05, 4.69) is 27.8 Å². The van der Waals surface area contributed by atoms with Crippen molar-refractivity contribution in [3.63, 3.8) is 0 Å². The van der Waals surface area contributed by atoms with E-state index in [0.29, 0.717) is 12.1 Å². The van der Waals surface area contributed by atoms with Gasteiger partial charge < -0.3 is 5.73 Å². The second-order valence-corrected chi connectivity index (χ2v) is 6.25. The van der Waals surface area contributed by atoms with Gasteiger partial charge in [-0.05, 0) is 37.4 Å². The Morgan fingerprint density at radius 2 is 2.22 bits per heavy atom. The summed E-state index contributed by atoms with van der Waals surface area (Å²) in [6.45, 7) is 3.70. The summed E-state index contributed by atoms with van der Waals surface area (Å²) in [5.74, 6) is 1.37. The van der Waals surface area contributed by atoms with Gasteiger partial charge in [-0.25, -0.2) is 4.39 Å². The van der Waals surface area contributed by atoms with Crippen molar-refractivity contribution >= 4 is 15.9 Å². The molecule has 2 nitrogen and oxygen atoms in total. The lowest BCUT2D eigenvalue weighted by Gasteiger charge is -2.27. The molecule has 0 aliphatic heterocycles. The van der Waals surface area contributed by atoms with Crippen LogP contribution in [-0.2, 0) is 0 Å². The second-order valence-electron chi connectivity index (χ2n) is 5.33. The highest BCUT2D eigenvalue weighted by atomic mass is 79.9. The van der Waals surface area contributed by atoms with Gasteiger partial charge in [-0.2, -0.15) is 0 Å². The molecule has 1 aromatic rings. The van der Waals surface area contributed by atoms with Gasteiger partial charge in [0.1, 0.15) is 5.82 Å². The summed E-state index contributed by atoms with van der Waals surface area (Å²) in [5, 5.41) is 0. The van der Waals surface area contributed by atoms with Crippen LogP contribution in [0.1, 0.15) is 24.9 Å². The molecule has 2 N–H and O–H groups in total. The molecule has 1 saturated carbocycles. The first kappa shape index (κ1) is 14.0. The van der Waals surface area contributed by atoms with Crippen LogP contribution in [0.25, 0.3) is 0 Å². The SMILES string of the molecule is CC1CC1CN(C)C(CN)c1ccc(Br)cc1F. The fourth-order valence-corrected chi connectivity index (χ4v) is 2.80. The van der Waals surface area contributed by atoms with Crippen LogP contribution in [0.5, 0.6) is 0 Å². The molecule has 1 aliphatic rings. The van der Waals surface area contributed by atoms with Gasteiger partial charge in [-0.3, -0.25) is 4.90 Å². The van der Waals surface area contributed by atoms with Gasteiger partial charge in [0.25, 0.3) is 0 Å². The maximum atomic E-state index is 14.0. The van der Waals surface area contributed by atoms with Gasteiger partial charge in [0, 0.05) is 29.2 Å². The number of hydrogen-bond donors (Lipinski definition) is 1. The molecular formula is C14H20BrFN2. The molecule has 4 heteroatoms. The normalized spacial score (nSPS) is 24.3. The van der Waals surface area contributed by atoms with Crippen molar-refractivity contribution in [1.29, 1.82) is 0 Å². The summed E-state index contributed by atoms with van der Waals surface area (Å²) in [5.41, 5.74) is 6.51. The van der Waals surface area contributed by atoms with Crippen molar-refractivity contribution in [2.24, 2.45) is 17.6 Å². The van der Waals surface area contributed by atoms with Crippen molar-refractivity contribution in [3.8, 4) is 0 Å². The average Bonchev–Trinajstić information content (AvgIpc) is 2.98. The van der Waals surface area contributed by atoms with Crippen LogP contribution in [0.2, 0.25) is 0 Å². The summed E-state index contributed by atoms with van der Waals surface area (Å²) in [4.78, 5) is 2.18. The van der Waals surface area contributed by atoms with Crippen molar-refractivity contribution in [3.05, 3.63) is 34.1 Å². The first-order chi connectivity index (χ1) is 8.52. The zero-order valence-electron chi connectivity index (χ0n) is 10.9. The van der Waals surface area contributed by atoms with E-state index in [-0.39, 0.29) is 11.9 Å². The highest BCUT2D eigenvalue weighted by molar-refractivity contribution is 9.10. The molecule has 100 valence electrons. The molecule has 1 fully saturated rings.